The predicted octanol–water partition coefficient (Wildman–Crippen LogP) is 15.7. The highest BCUT2D eigenvalue weighted by Crippen LogP contribution is 2.43. The van der Waals surface area contributed by atoms with E-state index in [4.69, 9.17) is 9.97 Å². The minimum absolute atomic E-state index is 0.517. The Morgan fingerprint density at radius 1 is 0.422 bits per heavy atom. The summed E-state index contributed by atoms with van der Waals surface area (Å²) >= 11 is 1.76. The minimum atomic E-state index is 0.517. The monoisotopic (exact) mass is 834 g/mol. The molecule has 0 bridgehead atoms. The lowest BCUT2D eigenvalue weighted by Crippen LogP contribution is -2.02. The van der Waals surface area contributed by atoms with Gasteiger partial charge in [0.2, 0.25) is 0 Å². The third kappa shape index (κ3) is 6.49. The number of nitrogens with zero attached hydrogens (tertiary/aromatic N) is 3. The van der Waals surface area contributed by atoms with Crippen LogP contribution < -0.4 is 0 Å². The molecule has 1 N–H and O–H groups in total. The standard InChI is InChI=1S/C59H38N4S/c60-57(56-50-26-8-11-30-55(50)64-58(56)49-27-14-18-39-15-4-5-23-46(39)49)44-21-12-19-42(35-44)38-31-33-40(34-32-38)51-37-52(62-59(61-51)41-16-2-1-3-17-41)43-20-13-22-45(36-43)63-53-28-9-6-24-47(53)48-25-7-10-29-54(48)63/h1-37,60H. The van der Waals surface area contributed by atoms with E-state index in [9.17, 15) is 5.41 Å². The zero-order chi connectivity index (χ0) is 42.6. The SMILES string of the molecule is N=C(c1cccc(-c2ccc(-c3cc(-c4cccc(-n5c6ccccc6c6ccccc65)c4)nc(-c4ccccc4)n3)cc2)c1)c1c(-c2cccc3ccccc23)sc2ccccc12. The zero-order valence-corrected chi connectivity index (χ0v) is 35.4. The summed E-state index contributed by atoms with van der Waals surface area (Å²) in [6.07, 6.45) is 0. The number of hydrogen-bond donors (Lipinski definition) is 1. The highest BCUT2D eigenvalue weighted by molar-refractivity contribution is 7.23. The number of thiophene rings is 1. The molecule has 0 atom stereocenters. The molecule has 9 aromatic carbocycles. The van der Waals surface area contributed by atoms with Gasteiger partial charge in [0.15, 0.2) is 5.82 Å². The summed E-state index contributed by atoms with van der Waals surface area (Å²) in [4.78, 5) is 11.5. The largest absolute Gasteiger partial charge is 0.309 e. The van der Waals surface area contributed by atoms with Crippen LogP contribution in [-0.4, -0.2) is 20.2 Å². The van der Waals surface area contributed by atoms with Gasteiger partial charge >= 0.3 is 0 Å². The molecule has 0 unspecified atom stereocenters. The first-order valence-corrected chi connectivity index (χ1v) is 22.3. The molecule has 0 aliphatic carbocycles. The first-order chi connectivity index (χ1) is 31.6. The lowest BCUT2D eigenvalue weighted by molar-refractivity contribution is 1.16. The van der Waals surface area contributed by atoms with Crippen LogP contribution in [0.5, 0.6) is 0 Å². The molecule has 5 heteroatoms. The van der Waals surface area contributed by atoms with Crippen LogP contribution in [0, 0.1) is 5.41 Å². The maximum Gasteiger partial charge on any atom is 0.160 e. The van der Waals surface area contributed by atoms with Crippen LogP contribution in [0.15, 0.2) is 224 Å². The average Bonchev–Trinajstić information content (AvgIpc) is 3.93. The summed E-state index contributed by atoms with van der Waals surface area (Å²) in [6.45, 7) is 0. The molecule has 64 heavy (non-hydrogen) atoms. The van der Waals surface area contributed by atoms with E-state index in [-0.39, 0.29) is 0 Å². The Kier molecular flexibility index (Phi) is 9.13. The lowest BCUT2D eigenvalue weighted by atomic mass is 9.93. The molecule has 12 aromatic rings. The molecular formula is C59H38N4S. The molecule has 0 saturated carbocycles. The lowest BCUT2D eigenvalue weighted by Gasteiger charge is -2.13. The van der Waals surface area contributed by atoms with Crippen molar-refractivity contribution in [2.24, 2.45) is 0 Å². The molecule has 0 radical (unpaired) electrons. The van der Waals surface area contributed by atoms with Crippen molar-refractivity contribution < 1.29 is 0 Å². The molecule has 0 aliphatic rings. The normalized spacial score (nSPS) is 11.5. The van der Waals surface area contributed by atoms with E-state index in [0.717, 1.165) is 71.8 Å². The van der Waals surface area contributed by atoms with Gasteiger partial charge in [0.05, 0.1) is 28.1 Å². The van der Waals surface area contributed by atoms with Gasteiger partial charge in [-0.15, -0.1) is 11.3 Å². The molecule has 0 aliphatic heterocycles. The Morgan fingerprint density at radius 2 is 1.00 bits per heavy atom. The van der Waals surface area contributed by atoms with E-state index in [2.05, 4.69) is 211 Å². The second-order valence-corrected chi connectivity index (χ2v) is 17.2. The number of aromatic nitrogens is 3. The van der Waals surface area contributed by atoms with Gasteiger partial charge in [-0.3, -0.25) is 5.41 Å². The van der Waals surface area contributed by atoms with Crippen LogP contribution in [0.25, 0.3) is 104 Å². The van der Waals surface area contributed by atoms with E-state index in [1.54, 1.807) is 11.3 Å². The summed E-state index contributed by atoms with van der Waals surface area (Å²) in [6, 6.07) is 78.6. The van der Waals surface area contributed by atoms with Gasteiger partial charge in [0.1, 0.15) is 0 Å². The van der Waals surface area contributed by atoms with Crippen LogP contribution in [0.4, 0.5) is 0 Å². The fourth-order valence-electron chi connectivity index (χ4n) is 9.20. The molecule has 12 rings (SSSR count). The maximum atomic E-state index is 9.77. The molecule has 0 spiro atoms. The average molecular weight is 835 g/mol. The number of nitrogens with one attached hydrogen (secondary N) is 1. The maximum absolute atomic E-state index is 9.77. The Hall–Kier alpha value is -8.25. The van der Waals surface area contributed by atoms with E-state index in [0.29, 0.717) is 11.5 Å². The van der Waals surface area contributed by atoms with Gasteiger partial charge in [-0.25, -0.2) is 9.97 Å². The van der Waals surface area contributed by atoms with Crippen LogP contribution in [0.3, 0.4) is 0 Å². The summed E-state index contributed by atoms with van der Waals surface area (Å²) in [5.41, 5.74) is 13.7. The van der Waals surface area contributed by atoms with Crippen molar-refractivity contribution in [1.29, 1.82) is 5.41 Å². The number of rotatable bonds is 8. The molecule has 3 heterocycles. The van der Waals surface area contributed by atoms with Gasteiger partial charge in [0.25, 0.3) is 0 Å². The van der Waals surface area contributed by atoms with Crippen molar-refractivity contribution >= 4 is 59.7 Å². The molecule has 0 saturated heterocycles. The number of hydrogen-bond acceptors (Lipinski definition) is 4. The van der Waals surface area contributed by atoms with Crippen molar-refractivity contribution in [3.63, 3.8) is 0 Å². The number of fused-ring (bicyclic) bond motifs is 5. The van der Waals surface area contributed by atoms with E-state index in [1.165, 1.54) is 37.3 Å². The van der Waals surface area contributed by atoms with Crippen molar-refractivity contribution in [2.75, 3.05) is 0 Å². The summed E-state index contributed by atoms with van der Waals surface area (Å²) < 4.78 is 3.52. The summed E-state index contributed by atoms with van der Waals surface area (Å²) in [5.74, 6) is 0.675. The Morgan fingerprint density at radius 3 is 1.78 bits per heavy atom. The van der Waals surface area contributed by atoms with E-state index in [1.807, 2.05) is 18.2 Å². The van der Waals surface area contributed by atoms with Gasteiger partial charge in [-0.2, -0.15) is 0 Å². The van der Waals surface area contributed by atoms with Crippen LogP contribution >= 0.6 is 11.3 Å². The van der Waals surface area contributed by atoms with E-state index >= 15 is 0 Å². The fourth-order valence-corrected chi connectivity index (χ4v) is 10.5. The first-order valence-electron chi connectivity index (χ1n) is 21.5. The van der Waals surface area contributed by atoms with Crippen LogP contribution in [0.1, 0.15) is 11.1 Å². The van der Waals surface area contributed by atoms with Crippen molar-refractivity contribution in [3.8, 4) is 61.2 Å². The van der Waals surface area contributed by atoms with Gasteiger partial charge in [0, 0.05) is 64.8 Å². The third-order valence-electron chi connectivity index (χ3n) is 12.3. The molecule has 0 fully saturated rings. The second-order valence-electron chi connectivity index (χ2n) is 16.1. The van der Waals surface area contributed by atoms with E-state index < -0.39 is 0 Å². The number of para-hydroxylation sites is 2. The second kappa shape index (κ2) is 15.6. The smallest absolute Gasteiger partial charge is 0.160 e. The van der Waals surface area contributed by atoms with Gasteiger partial charge in [-0.05, 0) is 64.4 Å². The Labute approximate surface area is 374 Å². The topological polar surface area (TPSA) is 54.6 Å². The molecule has 0 amide bonds. The third-order valence-corrected chi connectivity index (χ3v) is 13.5. The number of benzene rings is 9. The Bertz CT molecular complexity index is 3690. The highest BCUT2D eigenvalue weighted by atomic mass is 32.1. The molecular weight excluding hydrogens is 797 g/mol. The minimum Gasteiger partial charge on any atom is -0.309 e. The molecule has 4 nitrogen and oxygen atoms in total. The Balaban J connectivity index is 0.912. The van der Waals surface area contributed by atoms with Crippen molar-refractivity contribution in [3.05, 3.63) is 236 Å². The predicted molar refractivity (Wildman–Crippen MR) is 269 cm³/mol. The first kappa shape index (κ1) is 37.5. The summed E-state index contributed by atoms with van der Waals surface area (Å²) in [5, 5.41) is 15.7. The zero-order valence-electron chi connectivity index (χ0n) is 34.6. The quantitative estimate of drug-likeness (QED) is 0.155. The van der Waals surface area contributed by atoms with Gasteiger partial charge < -0.3 is 4.57 Å². The molecule has 300 valence electrons. The highest BCUT2D eigenvalue weighted by Gasteiger charge is 2.21. The van der Waals surface area contributed by atoms with Crippen LogP contribution in [-0.2, 0) is 0 Å². The van der Waals surface area contributed by atoms with Crippen LogP contribution in [0.2, 0.25) is 0 Å². The molecule has 3 aromatic heterocycles. The van der Waals surface area contributed by atoms with Crippen molar-refractivity contribution in [2.45, 2.75) is 0 Å². The summed E-state index contributed by atoms with van der Waals surface area (Å²) in [7, 11) is 0. The van der Waals surface area contributed by atoms with Gasteiger partial charge in [-0.1, -0.05) is 182 Å². The van der Waals surface area contributed by atoms with Crippen molar-refractivity contribution in [1.82, 2.24) is 14.5 Å². The fraction of sp³-hybridized carbons (Fsp3) is 0.